The number of carbonyl (C=O) groups excluding carboxylic acids is 1. The summed E-state index contributed by atoms with van der Waals surface area (Å²) >= 11 is 5.94. The first kappa shape index (κ1) is 20.9. The summed E-state index contributed by atoms with van der Waals surface area (Å²) in [4.78, 5) is 16.6. The molecule has 0 bridgehead atoms. The van der Waals surface area contributed by atoms with E-state index >= 15 is 0 Å². The van der Waals surface area contributed by atoms with Gasteiger partial charge in [0.25, 0.3) is 0 Å². The largest absolute Gasteiger partial charge is 0.351 e. The molecule has 1 aliphatic carbocycles. The van der Waals surface area contributed by atoms with Crippen molar-refractivity contribution in [1.82, 2.24) is 14.9 Å². The van der Waals surface area contributed by atoms with Crippen molar-refractivity contribution < 1.29 is 13.2 Å². The molecule has 1 aliphatic rings. The van der Waals surface area contributed by atoms with Crippen molar-refractivity contribution in [1.29, 1.82) is 0 Å². The molecule has 1 saturated carbocycles. The van der Waals surface area contributed by atoms with Gasteiger partial charge in [-0.1, -0.05) is 43.0 Å². The maximum absolute atomic E-state index is 13.0. The molecule has 1 aromatic carbocycles. The van der Waals surface area contributed by atoms with Crippen molar-refractivity contribution >= 4 is 27.3 Å². The molecular weight excluding hydrogens is 398 g/mol. The van der Waals surface area contributed by atoms with Crippen molar-refractivity contribution in [3.05, 3.63) is 46.2 Å². The van der Waals surface area contributed by atoms with Crippen molar-refractivity contribution in [2.45, 2.75) is 63.7 Å². The molecule has 0 unspecified atom stereocenters. The smallest absolute Gasteiger partial charge is 0.235 e. The minimum absolute atomic E-state index is 0.0207. The number of benzene rings is 1. The van der Waals surface area contributed by atoms with Gasteiger partial charge in [-0.3, -0.25) is 4.79 Å². The van der Waals surface area contributed by atoms with Gasteiger partial charge in [-0.05, 0) is 44.4 Å². The van der Waals surface area contributed by atoms with Crippen molar-refractivity contribution in [3.8, 4) is 0 Å². The highest BCUT2D eigenvalue weighted by atomic mass is 35.5. The second-order valence-corrected chi connectivity index (χ2v) is 9.71. The summed E-state index contributed by atoms with van der Waals surface area (Å²) in [5.74, 6) is -1.16. The van der Waals surface area contributed by atoms with Crippen LogP contribution in [0.15, 0.2) is 29.4 Å². The number of hydrogen-bond acceptors (Lipinski definition) is 4. The first-order chi connectivity index (χ1) is 13.3. The molecule has 1 fully saturated rings. The molecule has 1 aromatic heterocycles. The van der Waals surface area contributed by atoms with E-state index in [1.807, 2.05) is 24.5 Å². The SMILES string of the molecule is Cc1nc(S(=O)(=O)CC(=O)NCc2cccc(Cl)c2)n(C2CCCCC2)c1C. The normalized spacial score (nSPS) is 15.5. The number of sulfone groups is 1. The monoisotopic (exact) mass is 423 g/mol. The summed E-state index contributed by atoms with van der Waals surface area (Å²) in [5, 5.41) is 3.25. The molecule has 0 atom stereocenters. The number of amides is 1. The predicted molar refractivity (Wildman–Crippen MR) is 109 cm³/mol. The molecule has 0 saturated heterocycles. The molecule has 1 amide bonds. The molecule has 1 N–H and O–H groups in total. The highest BCUT2D eigenvalue weighted by molar-refractivity contribution is 7.92. The van der Waals surface area contributed by atoms with E-state index in [0.717, 1.165) is 36.9 Å². The highest BCUT2D eigenvalue weighted by Gasteiger charge is 2.30. The third-order valence-electron chi connectivity index (χ3n) is 5.27. The Morgan fingerprint density at radius 1 is 1.25 bits per heavy atom. The van der Waals surface area contributed by atoms with Gasteiger partial charge in [0.1, 0.15) is 5.75 Å². The van der Waals surface area contributed by atoms with Crippen LogP contribution < -0.4 is 5.32 Å². The van der Waals surface area contributed by atoms with Crippen LogP contribution in [0, 0.1) is 13.8 Å². The average Bonchev–Trinajstić information content (AvgIpc) is 2.96. The molecule has 3 rings (SSSR count). The number of nitrogens with zero attached hydrogens (tertiary/aromatic N) is 2. The Morgan fingerprint density at radius 3 is 2.64 bits per heavy atom. The second-order valence-electron chi connectivity index (χ2n) is 7.39. The standard InChI is InChI=1S/C20H26ClN3O3S/c1-14-15(2)24(18-9-4-3-5-10-18)20(23-14)28(26,27)13-19(25)22-12-16-7-6-8-17(21)11-16/h6-8,11,18H,3-5,9-10,12-13H2,1-2H3,(H,22,25). The average molecular weight is 424 g/mol. The van der Waals surface area contributed by atoms with E-state index in [0.29, 0.717) is 10.7 Å². The number of hydrogen-bond donors (Lipinski definition) is 1. The Hall–Kier alpha value is -1.86. The third kappa shape index (κ3) is 4.75. The molecule has 1 heterocycles. The van der Waals surface area contributed by atoms with Crippen molar-refractivity contribution in [2.24, 2.45) is 0 Å². The number of halogens is 1. The number of rotatable bonds is 6. The number of nitrogens with one attached hydrogen (secondary N) is 1. The molecule has 28 heavy (non-hydrogen) atoms. The maximum Gasteiger partial charge on any atom is 0.235 e. The lowest BCUT2D eigenvalue weighted by atomic mass is 9.95. The first-order valence-corrected chi connectivity index (χ1v) is 11.6. The minimum atomic E-state index is -3.84. The van der Waals surface area contributed by atoms with Crippen molar-refractivity contribution in [3.63, 3.8) is 0 Å². The van der Waals surface area contributed by atoms with E-state index in [9.17, 15) is 13.2 Å². The lowest BCUT2D eigenvalue weighted by Crippen LogP contribution is -2.31. The number of aryl methyl sites for hydroxylation is 1. The first-order valence-electron chi connectivity index (χ1n) is 9.57. The predicted octanol–water partition coefficient (Wildman–Crippen LogP) is 3.75. The van der Waals surface area contributed by atoms with Gasteiger partial charge in [0.05, 0.1) is 5.69 Å². The molecule has 0 radical (unpaired) electrons. The summed E-state index contributed by atoms with van der Waals surface area (Å²) in [5.41, 5.74) is 2.38. The quantitative estimate of drug-likeness (QED) is 0.767. The summed E-state index contributed by atoms with van der Waals surface area (Å²) in [7, 11) is -3.84. The van der Waals surface area contributed by atoms with Crippen LogP contribution in [0.3, 0.4) is 0 Å². The van der Waals surface area contributed by atoms with Crippen LogP contribution in [-0.2, 0) is 21.2 Å². The van der Waals surface area contributed by atoms with E-state index in [4.69, 9.17) is 11.6 Å². The summed E-state index contributed by atoms with van der Waals surface area (Å²) in [6, 6.07) is 7.22. The number of aromatic nitrogens is 2. The Bertz CT molecular complexity index is 963. The number of carbonyl (C=O) groups is 1. The molecule has 0 spiro atoms. The summed E-state index contributed by atoms with van der Waals surface area (Å²) < 4.78 is 27.8. The van der Waals surface area contributed by atoms with Gasteiger partial charge in [-0.15, -0.1) is 0 Å². The van der Waals surface area contributed by atoms with Crippen molar-refractivity contribution in [2.75, 3.05) is 5.75 Å². The van der Waals surface area contributed by atoms with Crippen LogP contribution in [0.25, 0.3) is 0 Å². The zero-order chi connectivity index (χ0) is 20.3. The van der Waals surface area contributed by atoms with Crippen LogP contribution in [0.1, 0.15) is 55.1 Å². The van der Waals surface area contributed by atoms with Crippen LogP contribution in [0.2, 0.25) is 5.02 Å². The van der Waals surface area contributed by atoms with Crippen LogP contribution >= 0.6 is 11.6 Å². The van der Waals surface area contributed by atoms with Gasteiger partial charge in [0.2, 0.25) is 20.9 Å². The molecular formula is C20H26ClN3O3S. The van der Waals surface area contributed by atoms with Crippen LogP contribution in [0.4, 0.5) is 0 Å². The maximum atomic E-state index is 13.0. The lowest BCUT2D eigenvalue weighted by molar-refractivity contribution is -0.118. The summed E-state index contributed by atoms with van der Waals surface area (Å²) in [6.07, 6.45) is 5.24. The van der Waals surface area contributed by atoms with Gasteiger partial charge in [-0.25, -0.2) is 13.4 Å². The number of imidazole rings is 1. The second kappa shape index (κ2) is 8.66. The van der Waals surface area contributed by atoms with Gasteiger partial charge >= 0.3 is 0 Å². The summed E-state index contributed by atoms with van der Waals surface area (Å²) in [6.45, 7) is 3.94. The fraction of sp³-hybridized carbons (Fsp3) is 0.500. The lowest BCUT2D eigenvalue weighted by Gasteiger charge is -2.26. The molecule has 152 valence electrons. The van der Waals surface area contributed by atoms with E-state index in [1.165, 1.54) is 6.42 Å². The van der Waals surface area contributed by atoms with E-state index < -0.39 is 21.5 Å². The minimum Gasteiger partial charge on any atom is -0.351 e. The van der Waals surface area contributed by atoms with Gasteiger partial charge in [0, 0.05) is 23.3 Å². The van der Waals surface area contributed by atoms with Gasteiger partial charge in [-0.2, -0.15) is 0 Å². The van der Waals surface area contributed by atoms with Gasteiger partial charge < -0.3 is 9.88 Å². The fourth-order valence-electron chi connectivity index (χ4n) is 3.72. The fourth-order valence-corrected chi connectivity index (χ4v) is 5.37. The Kier molecular flexibility index (Phi) is 6.45. The zero-order valence-electron chi connectivity index (χ0n) is 16.2. The highest BCUT2D eigenvalue weighted by Crippen LogP contribution is 2.32. The van der Waals surface area contributed by atoms with Crippen LogP contribution in [0.5, 0.6) is 0 Å². The molecule has 8 heteroatoms. The Labute approximate surface area is 171 Å². The molecule has 2 aromatic rings. The zero-order valence-corrected chi connectivity index (χ0v) is 17.8. The topological polar surface area (TPSA) is 81.1 Å². The van der Waals surface area contributed by atoms with E-state index in [2.05, 4.69) is 10.3 Å². The molecule has 0 aliphatic heterocycles. The Balaban J connectivity index is 1.75. The van der Waals surface area contributed by atoms with E-state index in [-0.39, 0.29) is 17.7 Å². The Morgan fingerprint density at radius 2 is 1.96 bits per heavy atom. The third-order valence-corrected chi connectivity index (χ3v) is 6.99. The van der Waals surface area contributed by atoms with E-state index in [1.54, 1.807) is 18.2 Å². The molecule has 6 nitrogen and oxygen atoms in total. The van der Waals surface area contributed by atoms with Crippen LogP contribution in [-0.4, -0.2) is 29.6 Å². The van der Waals surface area contributed by atoms with Gasteiger partial charge in [0.15, 0.2) is 0 Å².